The van der Waals surface area contributed by atoms with E-state index in [1.165, 1.54) is 17.3 Å². The molecule has 1 aliphatic heterocycles. The Hall–Kier alpha value is -5.27. The summed E-state index contributed by atoms with van der Waals surface area (Å²) in [6.45, 7) is 14.6. The minimum atomic E-state index is -0.859. The van der Waals surface area contributed by atoms with Crippen molar-refractivity contribution in [1.82, 2.24) is 19.7 Å². The largest absolute Gasteiger partial charge is 0.474 e. The number of nitrogens with one attached hydrogen (secondary N) is 2. The van der Waals surface area contributed by atoms with Crippen LogP contribution in [0.25, 0.3) is 21.9 Å². The fraction of sp³-hybridized carbons (Fsp3) is 0.459. The number of ether oxygens (including phenoxy) is 3. The number of nitrogens with zero attached hydrogens (tertiary/aromatic N) is 5. The fourth-order valence-corrected chi connectivity index (χ4v) is 6.69. The Morgan fingerprint density at radius 3 is 2.37 bits per heavy atom. The summed E-state index contributed by atoms with van der Waals surface area (Å²) >= 11 is 0. The molecule has 0 bridgehead atoms. The summed E-state index contributed by atoms with van der Waals surface area (Å²) in [7, 11) is 1.84. The number of benzene rings is 1. The Balaban J connectivity index is 1.41. The average molecular weight is 702 g/mol. The third-order valence-corrected chi connectivity index (χ3v) is 8.89. The van der Waals surface area contributed by atoms with E-state index in [4.69, 9.17) is 14.2 Å². The van der Waals surface area contributed by atoms with Gasteiger partial charge in [0, 0.05) is 54.0 Å². The Labute approximate surface area is 295 Å². The van der Waals surface area contributed by atoms with Crippen LogP contribution in [0.1, 0.15) is 71.9 Å². The second-order valence-electron chi connectivity index (χ2n) is 15.0. The number of pyridine rings is 2. The summed E-state index contributed by atoms with van der Waals surface area (Å²) in [6, 6.07) is 3.24. The van der Waals surface area contributed by atoms with Gasteiger partial charge in [0.05, 0.1) is 18.4 Å². The molecule has 1 aromatic carbocycles. The number of aromatic nitrogens is 4. The number of hydrogen-bond acceptors (Lipinski definition) is 9. The molecule has 2 N–H and O–H groups in total. The molecule has 0 spiro atoms. The fourth-order valence-electron chi connectivity index (χ4n) is 6.69. The molecule has 0 radical (unpaired) electrons. The second-order valence-corrected chi connectivity index (χ2v) is 15.0. The lowest BCUT2D eigenvalue weighted by Crippen LogP contribution is -2.42. The van der Waals surface area contributed by atoms with Crippen LogP contribution in [0, 0.1) is 24.6 Å². The van der Waals surface area contributed by atoms with Gasteiger partial charge in [0.25, 0.3) is 0 Å². The summed E-state index contributed by atoms with van der Waals surface area (Å²) < 4.78 is 35.4. The number of halogens is 1. The van der Waals surface area contributed by atoms with Crippen LogP contribution in [-0.2, 0) is 21.3 Å². The highest BCUT2D eigenvalue weighted by atomic mass is 19.1. The van der Waals surface area contributed by atoms with Crippen LogP contribution in [0.3, 0.4) is 0 Å². The molecule has 51 heavy (non-hydrogen) atoms. The lowest BCUT2D eigenvalue weighted by Gasteiger charge is -2.32. The van der Waals surface area contributed by atoms with Gasteiger partial charge in [0.2, 0.25) is 11.8 Å². The van der Waals surface area contributed by atoms with Crippen LogP contribution in [0.4, 0.5) is 31.2 Å². The van der Waals surface area contributed by atoms with E-state index >= 15 is 4.39 Å². The van der Waals surface area contributed by atoms with Gasteiger partial charge < -0.3 is 19.5 Å². The van der Waals surface area contributed by atoms with Gasteiger partial charge in [-0.05, 0) is 83.0 Å². The number of fused-ring (bicyclic) bond motifs is 2. The molecule has 2 aliphatic rings. The highest BCUT2D eigenvalue weighted by Gasteiger charge is 2.54. The topological polar surface area (TPSA) is 150 Å². The van der Waals surface area contributed by atoms with Crippen molar-refractivity contribution in [3.63, 3.8) is 0 Å². The molecular formula is C37H44FN7O6. The number of carbonyl (C=O) groups is 3. The van der Waals surface area contributed by atoms with Crippen molar-refractivity contribution < 1.29 is 33.0 Å². The van der Waals surface area contributed by atoms with Crippen molar-refractivity contribution in [2.24, 2.45) is 18.9 Å². The number of rotatable bonds is 6. The molecule has 1 saturated carbocycles. The van der Waals surface area contributed by atoms with E-state index < -0.39 is 29.2 Å². The van der Waals surface area contributed by atoms with Gasteiger partial charge in [-0.3, -0.25) is 19.7 Å². The first kappa shape index (κ1) is 35.6. The first-order chi connectivity index (χ1) is 24.0. The van der Waals surface area contributed by atoms with Gasteiger partial charge in [0.1, 0.15) is 29.3 Å². The number of hydrogen-bond donors (Lipinski definition) is 2. The first-order valence-electron chi connectivity index (χ1n) is 17.0. The number of amides is 3. The second kappa shape index (κ2) is 13.1. The summed E-state index contributed by atoms with van der Waals surface area (Å²) in [5, 5.41) is 10.6. The van der Waals surface area contributed by atoms with Gasteiger partial charge in [-0.15, -0.1) is 0 Å². The number of anilines is 3. The summed E-state index contributed by atoms with van der Waals surface area (Å²) in [6.07, 6.45) is 5.98. The average Bonchev–Trinajstić information content (AvgIpc) is 3.62. The van der Waals surface area contributed by atoms with Gasteiger partial charge in [0.15, 0.2) is 5.82 Å². The molecule has 3 aromatic heterocycles. The molecule has 14 heteroatoms. The van der Waals surface area contributed by atoms with E-state index in [-0.39, 0.29) is 65.1 Å². The molecule has 3 amide bonds. The van der Waals surface area contributed by atoms with Crippen molar-refractivity contribution in [2.45, 2.75) is 78.9 Å². The van der Waals surface area contributed by atoms with Crippen LogP contribution in [0.2, 0.25) is 0 Å². The van der Waals surface area contributed by atoms with E-state index in [0.29, 0.717) is 22.2 Å². The molecule has 3 atom stereocenters. The van der Waals surface area contributed by atoms with Crippen LogP contribution in [-0.4, -0.2) is 62.2 Å². The lowest BCUT2D eigenvalue weighted by atomic mass is 9.96. The Kier molecular flexibility index (Phi) is 9.15. The third kappa shape index (κ3) is 7.31. The normalized spacial score (nSPS) is 18.5. The summed E-state index contributed by atoms with van der Waals surface area (Å²) in [5.74, 6) is -0.476. The van der Waals surface area contributed by atoms with Crippen LogP contribution in [0.5, 0.6) is 5.88 Å². The standard InChI is InChI=1S/C37H44FN7O6/c1-10-22-27(21-15-41-44(9)18-21)28(22)32(46)42-26-14-20-13-23(29(38)30(25(20)17-39-26)43-34(47)50-36(3,4)5)24-16-40-33-31(19(24)2)45(11-12-49-33)35(48)51-37(6,7)8/h13-18,22,27-28H,10-12H2,1-9H3,(H,43,47)(H,39,42,46)/t22?,27?,28-/m0/s1. The zero-order chi connectivity index (χ0) is 37.0. The zero-order valence-electron chi connectivity index (χ0n) is 30.4. The predicted octanol–water partition coefficient (Wildman–Crippen LogP) is 7.34. The maximum Gasteiger partial charge on any atom is 0.415 e. The maximum absolute atomic E-state index is 16.7. The Morgan fingerprint density at radius 2 is 1.73 bits per heavy atom. The minimum absolute atomic E-state index is 0.0539. The molecule has 0 saturated heterocycles. The Morgan fingerprint density at radius 1 is 1.00 bits per heavy atom. The van der Waals surface area contributed by atoms with Gasteiger partial charge in [-0.25, -0.2) is 23.9 Å². The van der Waals surface area contributed by atoms with E-state index in [2.05, 4.69) is 32.6 Å². The SMILES string of the molecule is CCC1C(c2cnn(C)c2)[C@H]1C(=O)Nc1cc2cc(-c3cnc4c(c3C)N(C(=O)OC(C)(C)C)CCO4)c(F)c(NC(=O)OC(C)(C)C)c2cn1. The molecular weight excluding hydrogens is 657 g/mol. The van der Waals surface area contributed by atoms with Crippen molar-refractivity contribution >= 4 is 46.1 Å². The molecule has 4 heterocycles. The number of carbonyl (C=O) groups excluding carboxylic acids is 3. The summed E-state index contributed by atoms with van der Waals surface area (Å²) in [5.41, 5.74) is 0.558. The quantitative estimate of drug-likeness (QED) is 0.211. The van der Waals surface area contributed by atoms with Crippen LogP contribution in [0.15, 0.2) is 36.9 Å². The van der Waals surface area contributed by atoms with Gasteiger partial charge in [-0.2, -0.15) is 5.10 Å². The van der Waals surface area contributed by atoms with E-state index in [0.717, 1.165) is 12.0 Å². The van der Waals surface area contributed by atoms with Gasteiger partial charge >= 0.3 is 12.2 Å². The minimum Gasteiger partial charge on any atom is -0.474 e. The van der Waals surface area contributed by atoms with E-state index in [1.54, 1.807) is 71.5 Å². The molecule has 1 fully saturated rings. The monoisotopic (exact) mass is 701 g/mol. The summed E-state index contributed by atoms with van der Waals surface area (Å²) in [4.78, 5) is 50.1. The van der Waals surface area contributed by atoms with Crippen LogP contribution < -0.4 is 20.3 Å². The molecule has 2 unspecified atom stereocenters. The predicted molar refractivity (Wildman–Crippen MR) is 190 cm³/mol. The van der Waals surface area contributed by atoms with E-state index in [1.807, 2.05) is 13.2 Å². The highest BCUT2D eigenvalue weighted by Crippen LogP contribution is 2.56. The highest BCUT2D eigenvalue weighted by molar-refractivity contribution is 6.05. The smallest absolute Gasteiger partial charge is 0.415 e. The first-order valence-corrected chi connectivity index (χ1v) is 17.0. The lowest BCUT2D eigenvalue weighted by molar-refractivity contribution is -0.117. The number of aryl methyl sites for hydroxylation is 1. The van der Waals surface area contributed by atoms with Crippen molar-refractivity contribution in [3.05, 3.63) is 53.9 Å². The van der Waals surface area contributed by atoms with Crippen LogP contribution >= 0.6 is 0 Å². The van der Waals surface area contributed by atoms with Crippen molar-refractivity contribution in [2.75, 3.05) is 28.7 Å². The van der Waals surface area contributed by atoms with Crippen molar-refractivity contribution in [3.8, 4) is 17.0 Å². The van der Waals surface area contributed by atoms with Gasteiger partial charge in [-0.1, -0.05) is 13.3 Å². The molecule has 1 aliphatic carbocycles. The molecule has 6 rings (SSSR count). The Bertz CT molecular complexity index is 2030. The molecule has 270 valence electrons. The molecule has 4 aromatic rings. The zero-order valence-corrected chi connectivity index (χ0v) is 30.4. The molecule has 13 nitrogen and oxygen atoms in total. The van der Waals surface area contributed by atoms with E-state index in [9.17, 15) is 14.4 Å². The third-order valence-electron chi connectivity index (χ3n) is 8.89. The van der Waals surface area contributed by atoms with Crippen molar-refractivity contribution in [1.29, 1.82) is 0 Å². The maximum atomic E-state index is 16.7.